The molecule has 23 atom stereocenters. The van der Waals surface area contributed by atoms with E-state index < -0.39 is 141 Å². The topological polar surface area (TPSA) is 342 Å². The number of allylic oxidation sites excluding steroid dienone is 2. The summed E-state index contributed by atoms with van der Waals surface area (Å²) in [6.07, 6.45) is 6.02. The standard InChI is InChI=1S/C58H91N7O13/c1-52(26-67)15-16-58(51(75)76)37(20-52)33-9-10-42-54(3,56(33,5)34(38(58)24-66)18-31-22-61-28-63-31)14-11-41-53(2,27-68)47(78-49-46(72)45(71)40(69)25-77-49)44(70)36(55(41,42)4)19-35-43(65-50(74)57(35)12-7-8-13-57)32(39-23-62-29-64-39)17-30(21-60-6)48(59)73/h9,22-23,28-30,32,34-38,40-49,60,66-73H,7-8,10-21,24-27,59H2,1-6H3,(H,61,63)(H,62,64)(H,65,74)(H,75,76). The number of ether oxygens (including phenoxy) is 2. The van der Waals surface area contributed by atoms with Crippen molar-refractivity contribution in [1.29, 1.82) is 0 Å². The smallest absolute Gasteiger partial charge is 0.310 e. The SMILES string of the molecule is CNCC(CC(c1cnc[nH]1)C1NC(=O)C2(CCCC2)C1CC1C(O)C(OC2OCC(O)C(O)C2O)C(C)(CO)C2CCC3(C)C(CC=C4C5CC(C)(CO)CCC5(C(=O)O)C(CO)C(Cc5cnc[nH]5)C43C)C12C)C(N)O. The van der Waals surface area contributed by atoms with Gasteiger partial charge < -0.3 is 81.8 Å². The summed E-state index contributed by atoms with van der Waals surface area (Å²) in [7, 11) is 1.80. The molecule has 15 N–H and O–H groups in total. The Labute approximate surface area is 458 Å². The molecule has 20 nitrogen and oxygen atoms in total. The summed E-state index contributed by atoms with van der Waals surface area (Å²) in [6, 6.07) is -0.516. The van der Waals surface area contributed by atoms with Gasteiger partial charge >= 0.3 is 5.97 Å². The first-order valence-electron chi connectivity index (χ1n) is 29.1. The number of carbonyl (C=O) groups is 2. The van der Waals surface area contributed by atoms with Crippen molar-refractivity contribution >= 4 is 11.9 Å². The first-order valence-corrected chi connectivity index (χ1v) is 29.1. The number of hydrogen-bond acceptors (Lipinski definition) is 16. The zero-order valence-electron chi connectivity index (χ0n) is 46.6. The van der Waals surface area contributed by atoms with Crippen LogP contribution in [0.5, 0.6) is 0 Å². The average molecular weight is 1090 g/mol. The van der Waals surface area contributed by atoms with E-state index in [1.54, 1.807) is 32.1 Å². The van der Waals surface area contributed by atoms with Crippen molar-refractivity contribution in [3.05, 3.63) is 48.1 Å². The Balaban J connectivity index is 1.17. The fourth-order valence-electron chi connectivity index (χ4n) is 19.8. The fraction of sp³-hybridized carbons (Fsp3) is 0.828. The molecule has 0 radical (unpaired) electrons. The van der Waals surface area contributed by atoms with Crippen LogP contribution in [0.4, 0.5) is 0 Å². The lowest BCUT2D eigenvalue weighted by molar-refractivity contribution is -0.341. The number of carboxylic acids is 1. The van der Waals surface area contributed by atoms with Crippen LogP contribution in [0.2, 0.25) is 0 Å². The fourth-order valence-corrected chi connectivity index (χ4v) is 19.8. The summed E-state index contributed by atoms with van der Waals surface area (Å²) in [5, 5.41) is 111. The molecule has 2 aromatic rings. The molecule has 20 heteroatoms. The molecule has 6 aliphatic carbocycles. The van der Waals surface area contributed by atoms with E-state index >= 15 is 4.79 Å². The summed E-state index contributed by atoms with van der Waals surface area (Å²) in [4.78, 5) is 44.9. The van der Waals surface area contributed by atoms with Crippen molar-refractivity contribution in [2.24, 2.45) is 91.0 Å². The van der Waals surface area contributed by atoms with Crippen LogP contribution < -0.4 is 16.4 Å². The summed E-state index contributed by atoms with van der Waals surface area (Å²) in [5.74, 6) is -5.16. The highest BCUT2D eigenvalue weighted by atomic mass is 16.7. The van der Waals surface area contributed by atoms with Crippen LogP contribution in [0.3, 0.4) is 0 Å². The van der Waals surface area contributed by atoms with Gasteiger partial charge in [0.2, 0.25) is 5.91 Å². The average Bonchev–Trinajstić information content (AvgIpc) is 2.34. The van der Waals surface area contributed by atoms with Crippen LogP contribution in [0, 0.1) is 85.2 Å². The maximum Gasteiger partial charge on any atom is 0.310 e. The van der Waals surface area contributed by atoms with Crippen molar-refractivity contribution in [2.45, 2.75) is 173 Å². The Bertz CT molecular complexity index is 2480. The Morgan fingerprint density at radius 2 is 1.62 bits per heavy atom. The number of amides is 1. The van der Waals surface area contributed by atoms with Crippen LogP contribution in [-0.2, 0) is 25.5 Å². The van der Waals surface area contributed by atoms with Gasteiger partial charge in [0.05, 0.1) is 48.9 Å². The molecule has 8 aliphatic rings. The van der Waals surface area contributed by atoms with E-state index in [-0.39, 0.29) is 37.6 Å². The lowest BCUT2D eigenvalue weighted by Crippen LogP contribution is -2.74. The van der Waals surface area contributed by atoms with E-state index in [0.29, 0.717) is 77.2 Å². The molecule has 5 saturated carbocycles. The first kappa shape index (κ1) is 57.8. The van der Waals surface area contributed by atoms with Crippen LogP contribution in [0.15, 0.2) is 36.7 Å². The van der Waals surface area contributed by atoms with E-state index in [1.807, 2.05) is 13.8 Å². The third-order valence-corrected chi connectivity index (χ3v) is 24.1. The number of nitrogens with two attached hydrogens (primary N) is 1. The van der Waals surface area contributed by atoms with Gasteiger partial charge in [-0.3, -0.25) is 9.59 Å². The number of aromatic amines is 2. The quantitative estimate of drug-likeness (QED) is 0.0614. The Morgan fingerprint density at radius 1 is 0.897 bits per heavy atom. The molecule has 10 rings (SSSR count). The third-order valence-electron chi connectivity index (χ3n) is 24.1. The predicted molar refractivity (Wildman–Crippen MR) is 284 cm³/mol. The van der Waals surface area contributed by atoms with Crippen LogP contribution in [0.1, 0.15) is 129 Å². The highest BCUT2D eigenvalue weighted by Gasteiger charge is 2.77. The van der Waals surface area contributed by atoms with Gasteiger partial charge in [0, 0.05) is 72.8 Å². The molecule has 436 valence electrons. The second kappa shape index (κ2) is 21.1. The lowest BCUT2D eigenvalue weighted by atomic mass is 9.29. The largest absolute Gasteiger partial charge is 0.481 e. The number of aromatic nitrogens is 4. The van der Waals surface area contributed by atoms with Crippen molar-refractivity contribution in [3.8, 4) is 0 Å². The number of aliphatic hydroxyl groups is 8. The van der Waals surface area contributed by atoms with Gasteiger partial charge in [-0.05, 0) is 135 Å². The molecule has 0 aromatic carbocycles. The second-order valence-electron chi connectivity index (χ2n) is 27.2. The van der Waals surface area contributed by atoms with Crippen LogP contribution in [-0.4, -0.2) is 167 Å². The molecule has 2 aromatic heterocycles. The van der Waals surface area contributed by atoms with E-state index in [9.17, 15) is 50.8 Å². The summed E-state index contributed by atoms with van der Waals surface area (Å²) in [6.45, 7) is 9.99. The molecular formula is C58H91N7O13. The van der Waals surface area contributed by atoms with Gasteiger partial charge in [0.15, 0.2) is 6.29 Å². The normalized spacial score (nSPS) is 46.0. The zero-order valence-corrected chi connectivity index (χ0v) is 46.6. The summed E-state index contributed by atoms with van der Waals surface area (Å²) < 4.78 is 12.7. The lowest BCUT2D eigenvalue weighted by Gasteiger charge is -2.75. The van der Waals surface area contributed by atoms with Gasteiger partial charge in [-0.15, -0.1) is 0 Å². The van der Waals surface area contributed by atoms with Gasteiger partial charge in [-0.2, -0.15) is 0 Å². The zero-order chi connectivity index (χ0) is 56.1. The minimum absolute atomic E-state index is 0.0568. The van der Waals surface area contributed by atoms with E-state index in [1.165, 1.54) is 0 Å². The molecular weight excluding hydrogens is 1000 g/mol. The molecule has 23 unspecified atom stereocenters. The molecule has 2 saturated heterocycles. The Kier molecular flexibility index (Phi) is 15.7. The number of aliphatic hydroxyl groups excluding tert-OH is 8. The molecule has 0 bridgehead atoms. The number of H-pyrrole nitrogens is 2. The molecule has 1 amide bonds. The van der Waals surface area contributed by atoms with Gasteiger partial charge in [0.1, 0.15) is 24.5 Å². The first-order chi connectivity index (χ1) is 37.0. The number of carbonyl (C=O) groups excluding carboxylic acids is 1. The number of aliphatic carboxylic acids is 1. The number of hydrogen-bond donors (Lipinski definition) is 14. The monoisotopic (exact) mass is 1090 g/mol. The van der Waals surface area contributed by atoms with Gasteiger partial charge in [0.25, 0.3) is 0 Å². The summed E-state index contributed by atoms with van der Waals surface area (Å²) >= 11 is 0. The molecule has 2 aliphatic heterocycles. The number of nitrogens with one attached hydrogen (secondary N) is 4. The summed E-state index contributed by atoms with van der Waals surface area (Å²) in [5.41, 5.74) is 2.69. The molecule has 1 spiro atoms. The number of imidazole rings is 2. The van der Waals surface area contributed by atoms with Gasteiger partial charge in [-0.1, -0.05) is 59.1 Å². The maximum atomic E-state index is 15.1. The van der Waals surface area contributed by atoms with Crippen molar-refractivity contribution in [2.75, 3.05) is 40.0 Å². The molecule has 78 heavy (non-hydrogen) atoms. The highest BCUT2D eigenvalue weighted by Crippen LogP contribution is 2.79. The predicted octanol–water partition coefficient (Wildman–Crippen LogP) is 2.32. The van der Waals surface area contributed by atoms with E-state index in [4.69, 9.17) is 15.2 Å². The highest BCUT2D eigenvalue weighted by molar-refractivity contribution is 5.86. The molecule has 4 heterocycles. The minimum atomic E-state index is -1.68. The van der Waals surface area contributed by atoms with Crippen LogP contribution >= 0.6 is 0 Å². The van der Waals surface area contributed by atoms with E-state index in [0.717, 1.165) is 29.8 Å². The van der Waals surface area contributed by atoms with E-state index in [2.05, 4.69) is 57.4 Å². The second-order valence-corrected chi connectivity index (χ2v) is 27.2. The third kappa shape index (κ3) is 8.48. The number of fused-ring (bicyclic) bond motifs is 7. The van der Waals surface area contributed by atoms with Crippen molar-refractivity contribution < 1.29 is 65.0 Å². The van der Waals surface area contributed by atoms with Crippen LogP contribution in [0.25, 0.3) is 0 Å². The number of rotatable bonds is 17. The van der Waals surface area contributed by atoms with Gasteiger partial charge in [-0.25, -0.2) is 9.97 Å². The number of nitrogens with zero attached hydrogens (tertiary/aromatic N) is 2. The Hall–Kier alpha value is -3.38. The minimum Gasteiger partial charge on any atom is -0.481 e. The molecule has 7 fully saturated rings. The van der Waals surface area contributed by atoms with Crippen molar-refractivity contribution in [1.82, 2.24) is 30.6 Å². The Morgan fingerprint density at radius 3 is 2.23 bits per heavy atom. The maximum absolute atomic E-state index is 15.1. The number of carboxylic acid groups (broad SMARTS) is 1. The van der Waals surface area contributed by atoms with Crippen molar-refractivity contribution in [3.63, 3.8) is 0 Å².